The van der Waals surface area contributed by atoms with Crippen LogP contribution in [-0.4, -0.2) is 0 Å². The summed E-state index contributed by atoms with van der Waals surface area (Å²) in [4.78, 5) is 0. The van der Waals surface area contributed by atoms with Crippen molar-refractivity contribution in [1.29, 1.82) is 0 Å². The summed E-state index contributed by atoms with van der Waals surface area (Å²) in [6.45, 7) is 14.2. The molecule has 0 amide bonds. The van der Waals surface area contributed by atoms with Crippen molar-refractivity contribution in [1.82, 2.24) is 0 Å². The molecule has 14 heavy (non-hydrogen) atoms. The Kier molecular flexibility index (Phi) is 3.13. The zero-order valence-electron chi connectivity index (χ0n) is 10.7. The fourth-order valence-corrected chi connectivity index (χ4v) is 2.24. The maximum atomic E-state index is 2.43. The lowest BCUT2D eigenvalue weighted by atomic mass is 9.66. The molecule has 0 heteroatoms. The molecule has 82 valence electrons. The quantitative estimate of drug-likeness (QED) is 0.492. The normalized spacial score (nSPS) is 29.3. The van der Waals surface area contributed by atoms with Crippen molar-refractivity contribution < 1.29 is 0 Å². The molecule has 1 aliphatic rings. The average molecular weight is 194 g/mol. The van der Waals surface area contributed by atoms with Crippen LogP contribution in [0.4, 0.5) is 0 Å². The second kappa shape index (κ2) is 3.72. The van der Waals surface area contributed by atoms with Crippen LogP contribution in [0.5, 0.6) is 0 Å². The van der Waals surface area contributed by atoms with Crippen LogP contribution in [0.1, 0.15) is 54.4 Å². The fraction of sp³-hybridized carbons (Fsp3) is 0.857. The topological polar surface area (TPSA) is 0 Å². The molecule has 0 heterocycles. The van der Waals surface area contributed by atoms with E-state index in [-0.39, 0.29) is 0 Å². The third kappa shape index (κ3) is 2.87. The molecule has 0 unspecified atom stereocenters. The molecule has 0 aromatic rings. The molecular weight excluding hydrogens is 168 g/mol. The zero-order chi connectivity index (χ0) is 11.0. The molecule has 0 nitrogen and oxygen atoms in total. The third-order valence-electron chi connectivity index (χ3n) is 3.66. The van der Waals surface area contributed by atoms with E-state index >= 15 is 0 Å². The van der Waals surface area contributed by atoms with E-state index in [0.717, 1.165) is 11.8 Å². The van der Waals surface area contributed by atoms with Gasteiger partial charge in [-0.2, -0.15) is 0 Å². The number of hydrogen-bond donors (Lipinski definition) is 0. The lowest BCUT2D eigenvalue weighted by molar-refractivity contribution is 0.151. The Bertz CT molecular complexity index is 209. The van der Waals surface area contributed by atoms with Gasteiger partial charge in [-0.15, -0.1) is 0 Å². The lowest BCUT2D eigenvalue weighted by Crippen LogP contribution is -2.30. The van der Waals surface area contributed by atoms with E-state index in [4.69, 9.17) is 0 Å². The Morgan fingerprint density at radius 3 is 1.93 bits per heavy atom. The van der Waals surface area contributed by atoms with Crippen LogP contribution in [0.25, 0.3) is 0 Å². The highest BCUT2D eigenvalue weighted by molar-refractivity contribution is 5.02. The van der Waals surface area contributed by atoms with Gasteiger partial charge in [-0.1, -0.05) is 53.7 Å². The zero-order valence-corrected chi connectivity index (χ0v) is 10.7. The predicted octanol–water partition coefficient (Wildman–Crippen LogP) is 4.66. The van der Waals surface area contributed by atoms with Crippen molar-refractivity contribution in [3.8, 4) is 0 Å². The van der Waals surface area contributed by atoms with Crippen molar-refractivity contribution in [3.05, 3.63) is 12.2 Å². The standard InChI is InChI=1S/C14H26/c1-13(2,3)11-8-7-9-12(10-11)14(4,5)6/h7-8,11-12H,9-10H2,1-6H3/t11-,12-/m1/s1. The van der Waals surface area contributed by atoms with Gasteiger partial charge in [0.25, 0.3) is 0 Å². The predicted molar refractivity (Wildman–Crippen MR) is 64.3 cm³/mol. The van der Waals surface area contributed by atoms with Crippen molar-refractivity contribution in [3.63, 3.8) is 0 Å². The van der Waals surface area contributed by atoms with E-state index < -0.39 is 0 Å². The summed E-state index contributed by atoms with van der Waals surface area (Å²) >= 11 is 0. The van der Waals surface area contributed by atoms with Crippen LogP contribution in [-0.2, 0) is 0 Å². The van der Waals surface area contributed by atoms with Gasteiger partial charge in [0.05, 0.1) is 0 Å². The summed E-state index contributed by atoms with van der Waals surface area (Å²) in [6, 6.07) is 0. The van der Waals surface area contributed by atoms with Gasteiger partial charge in [-0.25, -0.2) is 0 Å². The number of allylic oxidation sites excluding steroid dienone is 2. The minimum atomic E-state index is 0.431. The van der Waals surface area contributed by atoms with Crippen LogP contribution >= 0.6 is 0 Å². The van der Waals surface area contributed by atoms with Gasteiger partial charge in [-0.3, -0.25) is 0 Å². The molecule has 1 rings (SSSR count). The lowest BCUT2D eigenvalue weighted by Gasteiger charge is -2.39. The summed E-state index contributed by atoms with van der Waals surface area (Å²) in [7, 11) is 0. The first-order chi connectivity index (χ1) is 6.21. The summed E-state index contributed by atoms with van der Waals surface area (Å²) in [5, 5.41) is 0. The first-order valence-electron chi connectivity index (χ1n) is 5.88. The Morgan fingerprint density at radius 2 is 1.50 bits per heavy atom. The molecular formula is C14H26. The van der Waals surface area contributed by atoms with Crippen molar-refractivity contribution in [2.24, 2.45) is 22.7 Å². The highest BCUT2D eigenvalue weighted by atomic mass is 14.4. The molecule has 0 spiro atoms. The van der Waals surface area contributed by atoms with Gasteiger partial charge in [0.2, 0.25) is 0 Å². The molecule has 0 aromatic carbocycles. The number of rotatable bonds is 0. The van der Waals surface area contributed by atoms with Crippen LogP contribution < -0.4 is 0 Å². The maximum absolute atomic E-state index is 2.43. The smallest absolute Gasteiger partial charge is 0.0182 e. The molecule has 0 fully saturated rings. The molecule has 1 aliphatic carbocycles. The summed E-state index contributed by atoms with van der Waals surface area (Å²) < 4.78 is 0. The van der Waals surface area contributed by atoms with E-state index in [1.165, 1.54) is 12.8 Å². The van der Waals surface area contributed by atoms with Gasteiger partial charge in [0.15, 0.2) is 0 Å². The number of hydrogen-bond acceptors (Lipinski definition) is 0. The minimum absolute atomic E-state index is 0.431. The minimum Gasteiger partial charge on any atom is -0.0879 e. The highest BCUT2D eigenvalue weighted by Gasteiger charge is 2.32. The van der Waals surface area contributed by atoms with E-state index in [1.807, 2.05) is 0 Å². The van der Waals surface area contributed by atoms with Crippen molar-refractivity contribution in [2.75, 3.05) is 0 Å². The van der Waals surface area contributed by atoms with Gasteiger partial charge in [-0.05, 0) is 35.5 Å². The second-order valence-electron chi connectivity index (χ2n) is 6.94. The molecule has 0 aromatic heterocycles. The molecule has 0 radical (unpaired) electrons. The molecule has 0 bridgehead atoms. The second-order valence-corrected chi connectivity index (χ2v) is 6.94. The van der Waals surface area contributed by atoms with Gasteiger partial charge < -0.3 is 0 Å². The van der Waals surface area contributed by atoms with Gasteiger partial charge in [0, 0.05) is 0 Å². The van der Waals surface area contributed by atoms with Gasteiger partial charge in [0.1, 0.15) is 0 Å². The molecule has 2 atom stereocenters. The van der Waals surface area contributed by atoms with Gasteiger partial charge >= 0.3 is 0 Å². The SMILES string of the molecule is CC(C)(C)[C@@H]1CC=C[C@@H](C(C)(C)C)C1. The molecule has 0 aliphatic heterocycles. The summed E-state index contributed by atoms with van der Waals surface area (Å²) in [5.74, 6) is 1.62. The fourth-order valence-electron chi connectivity index (χ4n) is 2.24. The van der Waals surface area contributed by atoms with Crippen molar-refractivity contribution in [2.45, 2.75) is 54.4 Å². The maximum Gasteiger partial charge on any atom is -0.0182 e. The monoisotopic (exact) mass is 194 g/mol. The molecule has 0 saturated heterocycles. The van der Waals surface area contributed by atoms with E-state index in [2.05, 4.69) is 53.7 Å². The van der Waals surface area contributed by atoms with Crippen LogP contribution in [0.2, 0.25) is 0 Å². The Balaban J connectivity index is 2.71. The highest BCUT2D eigenvalue weighted by Crippen LogP contribution is 2.42. The molecule has 0 N–H and O–H groups in total. The first kappa shape index (κ1) is 11.8. The largest absolute Gasteiger partial charge is 0.0879 e. The van der Waals surface area contributed by atoms with E-state index in [0.29, 0.717) is 10.8 Å². The Labute approximate surface area is 89.8 Å². The van der Waals surface area contributed by atoms with Crippen molar-refractivity contribution >= 4 is 0 Å². The first-order valence-corrected chi connectivity index (χ1v) is 5.88. The summed E-state index contributed by atoms with van der Waals surface area (Å²) in [5.41, 5.74) is 0.897. The van der Waals surface area contributed by atoms with E-state index in [9.17, 15) is 0 Å². The Hall–Kier alpha value is -0.260. The average Bonchev–Trinajstić information content (AvgIpc) is 2.01. The summed E-state index contributed by atoms with van der Waals surface area (Å²) in [6.07, 6.45) is 7.47. The van der Waals surface area contributed by atoms with Crippen LogP contribution in [0, 0.1) is 22.7 Å². The third-order valence-corrected chi connectivity index (χ3v) is 3.66. The van der Waals surface area contributed by atoms with Crippen LogP contribution in [0.3, 0.4) is 0 Å². The molecule has 0 saturated carbocycles. The van der Waals surface area contributed by atoms with Crippen LogP contribution in [0.15, 0.2) is 12.2 Å². The van der Waals surface area contributed by atoms with E-state index in [1.54, 1.807) is 0 Å². The Morgan fingerprint density at radius 1 is 0.929 bits per heavy atom.